The van der Waals surface area contributed by atoms with Gasteiger partial charge in [-0.1, -0.05) is 43.3 Å². The lowest BCUT2D eigenvalue weighted by Gasteiger charge is -2.25. The number of fused-ring (bicyclic) bond motifs is 1. The zero-order valence-electron chi connectivity index (χ0n) is 18.2. The number of nitrogens with one attached hydrogen (secondary N) is 2. The molecule has 0 aliphatic carbocycles. The maximum Gasteiger partial charge on any atom is 0.303 e. The largest absolute Gasteiger partial charge is 0.481 e. The fraction of sp³-hybridized carbons (Fsp3) is 0.240. The lowest BCUT2D eigenvalue weighted by molar-refractivity contribution is -0.137. The van der Waals surface area contributed by atoms with Gasteiger partial charge in [0, 0.05) is 17.7 Å². The van der Waals surface area contributed by atoms with Gasteiger partial charge in [-0.05, 0) is 36.2 Å². The number of aliphatic carboxylic acids is 1. The number of hydrogen-bond acceptors (Lipinski definition) is 4. The number of amides is 2. The molecule has 1 atom stereocenters. The molecule has 3 N–H and O–H groups in total. The first-order valence-electron chi connectivity index (χ1n) is 10.8. The van der Waals surface area contributed by atoms with Crippen LogP contribution in [-0.2, 0) is 27.2 Å². The molecule has 0 bridgehead atoms. The van der Waals surface area contributed by atoms with Gasteiger partial charge in [0.05, 0.1) is 24.2 Å². The highest BCUT2D eigenvalue weighted by atomic mass is 16.5. The minimum absolute atomic E-state index is 0.0704. The molecule has 0 unspecified atom stereocenters. The average Bonchev–Trinajstić information content (AvgIpc) is 3.20. The van der Waals surface area contributed by atoms with E-state index in [1.165, 1.54) is 5.56 Å². The Balaban J connectivity index is 1.55. The molecule has 170 valence electrons. The van der Waals surface area contributed by atoms with Gasteiger partial charge in [-0.25, -0.2) is 0 Å². The van der Waals surface area contributed by atoms with Crippen molar-refractivity contribution in [3.63, 3.8) is 0 Å². The van der Waals surface area contributed by atoms with Crippen LogP contribution < -0.4 is 15.5 Å². The van der Waals surface area contributed by atoms with E-state index >= 15 is 0 Å². The molecule has 2 aromatic carbocycles. The summed E-state index contributed by atoms with van der Waals surface area (Å²) in [6, 6.07) is 18.6. The summed E-state index contributed by atoms with van der Waals surface area (Å²) in [7, 11) is 0. The first kappa shape index (κ1) is 22.1. The number of para-hydroxylation sites is 2. The third-order valence-corrected chi connectivity index (χ3v) is 5.53. The van der Waals surface area contributed by atoms with Gasteiger partial charge in [0.1, 0.15) is 5.75 Å². The molecule has 0 saturated heterocycles. The highest BCUT2D eigenvalue weighted by Crippen LogP contribution is 2.30. The number of ether oxygens (including phenoxy) is 1. The van der Waals surface area contributed by atoms with Crippen LogP contribution >= 0.6 is 0 Å². The SMILES string of the molecule is CCc1ccc(-c2ccc(CCC(=O)O)n2NC(=O)C[C@H]2Oc3ccccc3NC2=O)cc1. The van der Waals surface area contributed by atoms with Gasteiger partial charge in [-0.2, -0.15) is 0 Å². The summed E-state index contributed by atoms with van der Waals surface area (Å²) in [5.74, 6) is -1.23. The molecule has 0 spiro atoms. The first-order valence-corrected chi connectivity index (χ1v) is 10.8. The van der Waals surface area contributed by atoms with E-state index in [9.17, 15) is 14.4 Å². The third-order valence-electron chi connectivity index (χ3n) is 5.53. The summed E-state index contributed by atoms with van der Waals surface area (Å²) in [4.78, 5) is 36.4. The fourth-order valence-electron chi connectivity index (χ4n) is 3.74. The molecule has 0 saturated carbocycles. The number of nitrogens with zero attached hydrogens (tertiary/aromatic N) is 1. The van der Waals surface area contributed by atoms with Crippen LogP contribution in [-0.4, -0.2) is 33.7 Å². The summed E-state index contributed by atoms with van der Waals surface area (Å²) in [5, 5.41) is 11.8. The van der Waals surface area contributed by atoms with Crippen molar-refractivity contribution in [1.29, 1.82) is 0 Å². The molecule has 8 heteroatoms. The van der Waals surface area contributed by atoms with Gasteiger partial charge >= 0.3 is 5.97 Å². The highest BCUT2D eigenvalue weighted by Gasteiger charge is 2.30. The Morgan fingerprint density at radius 3 is 2.58 bits per heavy atom. The highest BCUT2D eigenvalue weighted by molar-refractivity contribution is 6.00. The molecule has 1 aromatic heterocycles. The average molecular weight is 447 g/mol. The summed E-state index contributed by atoms with van der Waals surface area (Å²) >= 11 is 0. The van der Waals surface area contributed by atoms with E-state index in [0.717, 1.165) is 17.7 Å². The predicted octanol–water partition coefficient (Wildman–Crippen LogP) is 3.59. The number of aromatic nitrogens is 1. The quantitative estimate of drug-likeness (QED) is 0.489. The molecule has 33 heavy (non-hydrogen) atoms. The Bertz CT molecular complexity index is 1180. The van der Waals surface area contributed by atoms with Crippen LogP contribution in [0.5, 0.6) is 5.75 Å². The van der Waals surface area contributed by atoms with Crippen molar-refractivity contribution in [3.8, 4) is 17.0 Å². The smallest absolute Gasteiger partial charge is 0.303 e. The van der Waals surface area contributed by atoms with Crippen LogP contribution in [0.1, 0.15) is 31.0 Å². The Kier molecular flexibility index (Phi) is 6.44. The maximum atomic E-state index is 12.9. The van der Waals surface area contributed by atoms with Crippen molar-refractivity contribution in [2.24, 2.45) is 0 Å². The maximum absolute atomic E-state index is 12.9. The van der Waals surface area contributed by atoms with Crippen molar-refractivity contribution in [2.75, 3.05) is 10.7 Å². The molecule has 1 aliphatic rings. The zero-order valence-corrected chi connectivity index (χ0v) is 18.2. The van der Waals surface area contributed by atoms with Crippen molar-refractivity contribution < 1.29 is 24.2 Å². The zero-order chi connectivity index (χ0) is 23.4. The summed E-state index contributed by atoms with van der Waals surface area (Å²) < 4.78 is 7.32. The van der Waals surface area contributed by atoms with Crippen LogP contribution in [0.3, 0.4) is 0 Å². The van der Waals surface area contributed by atoms with Gasteiger partial charge in [0.15, 0.2) is 6.10 Å². The second-order valence-electron chi connectivity index (χ2n) is 7.82. The number of hydrogen-bond donors (Lipinski definition) is 3. The summed E-state index contributed by atoms with van der Waals surface area (Å²) in [5.41, 5.74) is 6.85. The van der Waals surface area contributed by atoms with Gasteiger partial charge in [-0.3, -0.25) is 24.5 Å². The minimum atomic E-state index is -0.967. The number of benzene rings is 2. The number of aryl methyl sites for hydroxylation is 2. The predicted molar refractivity (Wildman–Crippen MR) is 124 cm³/mol. The Labute approximate surface area is 191 Å². The first-order chi connectivity index (χ1) is 15.9. The number of carbonyl (C=O) groups excluding carboxylic acids is 2. The third kappa shape index (κ3) is 5.06. The van der Waals surface area contributed by atoms with Gasteiger partial charge < -0.3 is 15.2 Å². The minimum Gasteiger partial charge on any atom is -0.481 e. The molecular weight excluding hydrogens is 422 g/mol. The van der Waals surface area contributed by atoms with E-state index in [4.69, 9.17) is 9.84 Å². The molecule has 0 radical (unpaired) electrons. The number of carboxylic acid groups (broad SMARTS) is 1. The van der Waals surface area contributed by atoms with Gasteiger partial charge in [-0.15, -0.1) is 0 Å². The van der Waals surface area contributed by atoms with E-state index in [-0.39, 0.29) is 19.3 Å². The van der Waals surface area contributed by atoms with Gasteiger partial charge in [0.25, 0.3) is 5.91 Å². The molecule has 1 aliphatic heterocycles. The van der Waals surface area contributed by atoms with Crippen LogP contribution in [0.15, 0.2) is 60.7 Å². The second kappa shape index (κ2) is 9.60. The number of rotatable bonds is 8. The monoisotopic (exact) mass is 447 g/mol. The summed E-state index contributed by atoms with van der Waals surface area (Å²) in [6.07, 6.45) is -0.0697. The van der Waals surface area contributed by atoms with E-state index in [0.29, 0.717) is 17.1 Å². The van der Waals surface area contributed by atoms with Crippen LogP contribution in [0.2, 0.25) is 0 Å². The van der Waals surface area contributed by atoms with Crippen molar-refractivity contribution in [1.82, 2.24) is 4.68 Å². The molecule has 3 aromatic rings. The molecule has 4 rings (SSSR count). The lowest BCUT2D eigenvalue weighted by Crippen LogP contribution is -2.40. The van der Waals surface area contributed by atoms with E-state index < -0.39 is 23.9 Å². The Hall–Kier alpha value is -4.07. The second-order valence-corrected chi connectivity index (χ2v) is 7.82. The lowest BCUT2D eigenvalue weighted by atomic mass is 10.1. The van der Waals surface area contributed by atoms with Crippen molar-refractivity contribution >= 4 is 23.5 Å². The normalized spacial score (nSPS) is 14.7. The van der Waals surface area contributed by atoms with E-state index in [1.807, 2.05) is 30.3 Å². The topological polar surface area (TPSA) is 110 Å². The van der Waals surface area contributed by atoms with Crippen molar-refractivity contribution in [3.05, 3.63) is 71.9 Å². The molecule has 2 heterocycles. The standard InChI is InChI=1S/C25H25N3O5/c1-2-16-7-9-17(10-8-16)20-13-11-18(12-14-24(30)31)28(20)27-23(29)15-22-25(32)26-19-5-3-4-6-21(19)33-22/h3-11,13,22H,2,12,14-15H2,1H3,(H,26,32)(H,27,29)(H,30,31)/t22-/m1/s1. The van der Waals surface area contributed by atoms with Gasteiger partial charge in [0.2, 0.25) is 5.91 Å². The van der Waals surface area contributed by atoms with Crippen LogP contribution in [0.4, 0.5) is 5.69 Å². The van der Waals surface area contributed by atoms with E-state index in [2.05, 4.69) is 17.7 Å². The summed E-state index contributed by atoms with van der Waals surface area (Å²) in [6.45, 7) is 2.07. The van der Waals surface area contributed by atoms with Crippen LogP contribution in [0, 0.1) is 0 Å². The fourth-order valence-corrected chi connectivity index (χ4v) is 3.74. The Morgan fingerprint density at radius 1 is 1.09 bits per heavy atom. The number of anilines is 1. The molecule has 8 nitrogen and oxygen atoms in total. The number of carbonyl (C=O) groups is 3. The molecular formula is C25H25N3O5. The van der Waals surface area contributed by atoms with Crippen molar-refractivity contribution in [2.45, 2.75) is 38.7 Å². The van der Waals surface area contributed by atoms with E-state index in [1.54, 1.807) is 35.0 Å². The van der Waals surface area contributed by atoms with Crippen LogP contribution in [0.25, 0.3) is 11.3 Å². The molecule has 0 fully saturated rings. The molecule has 2 amide bonds. The number of carboxylic acids is 1. The Morgan fingerprint density at radius 2 is 1.85 bits per heavy atom.